The fourth-order valence-electron chi connectivity index (χ4n) is 2.67. The fraction of sp³-hybridized carbons (Fsp3) is 0.316. The first-order chi connectivity index (χ1) is 13.2. The van der Waals surface area contributed by atoms with Crippen molar-refractivity contribution in [2.24, 2.45) is 0 Å². The van der Waals surface area contributed by atoms with Gasteiger partial charge in [0.25, 0.3) is 11.8 Å². The highest BCUT2D eigenvalue weighted by Gasteiger charge is 2.28. The lowest BCUT2D eigenvalue weighted by atomic mass is 10.1. The number of carbonyl (C=O) groups excluding carboxylic acids is 3. The van der Waals surface area contributed by atoms with E-state index in [1.54, 1.807) is 11.8 Å². The molecule has 0 saturated carbocycles. The minimum Gasteiger partial charge on any atom is -0.465 e. The number of methoxy groups -OCH3 is 1. The lowest BCUT2D eigenvalue weighted by Crippen LogP contribution is -2.30. The Morgan fingerprint density at radius 2 is 1.68 bits per heavy atom. The van der Waals surface area contributed by atoms with Gasteiger partial charge in [-0.25, -0.2) is 4.79 Å². The average Bonchev–Trinajstić information content (AvgIpc) is 2.97. The molecule has 1 aromatic carbocycles. The van der Waals surface area contributed by atoms with Crippen molar-refractivity contribution >= 4 is 57.3 Å². The highest BCUT2D eigenvalue weighted by molar-refractivity contribution is 7.18. The highest BCUT2D eigenvalue weighted by atomic mass is 35.5. The summed E-state index contributed by atoms with van der Waals surface area (Å²) >= 11 is 12.9. The number of halogens is 2. The molecule has 0 aliphatic heterocycles. The number of hydrogen-bond acceptors (Lipinski definition) is 5. The van der Waals surface area contributed by atoms with Crippen LogP contribution in [0.4, 0.5) is 5.00 Å². The minimum atomic E-state index is -0.633. The van der Waals surface area contributed by atoms with Crippen molar-refractivity contribution in [1.82, 2.24) is 4.90 Å². The largest absolute Gasteiger partial charge is 0.465 e. The van der Waals surface area contributed by atoms with Crippen molar-refractivity contribution in [3.63, 3.8) is 0 Å². The number of benzene rings is 1. The number of carbonyl (C=O) groups is 3. The Morgan fingerprint density at radius 3 is 2.18 bits per heavy atom. The molecule has 6 nitrogen and oxygen atoms in total. The third-order valence-corrected chi connectivity index (χ3v) is 5.76. The van der Waals surface area contributed by atoms with E-state index in [0.717, 1.165) is 11.3 Å². The normalized spacial score (nSPS) is 10.5. The fourth-order valence-corrected chi connectivity index (χ4v) is 4.35. The van der Waals surface area contributed by atoms with Gasteiger partial charge in [0.05, 0.1) is 17.6 Å². The van der Waals surface area contributed by atoms with E-state index in [2.05, 4.69) is 5.32 Å². The molecule has 150 valence electrons. The van der Waals surface area contributed by atoms with Crippen LogP contribution >= 0.6 is 34.5 Å². The Bertz CT molecular complexity index is 903. The van der Waals surface area contributed by atoms with Gasteiger partial charge < -0.3 is 15.0 Å². The lowest BCUT2D eigenvalue weighted by Gasteiger charge is -2.17. The molecule has 2 aromatic rings. The zero-order valence-corrected chi connectivity index (χ0v) is 18.2. The second kappa shape index (κ2) is 9.41. The number of amides is 2. The van der Waals surface area contributed by atoms with E-state index in [0.29, 0.717) is 33.6 Å². The molecular formula is C19H20Cl2N2O4S. The summed E-state index contributed by atoms with van der Waals surface area (Å²) in [6.07, 6.45) is 0. The molecule has 9 heteroatoms. The molecule has 2 rings (SSSR count). The SMILES string of the molecule is CCN(CC)C(=O)c1sc(NC(=O)c2cc(Cl)cc(Cl)c2)c(C(=O)OC)c1C. The molecule has 0 aliphatic carbocycles. The number of ether oxygens (including phenoxy) is 1. The lowest BCUT2D eigenvalue weighted by molar-refractivity contribution is 0.0601. The van der Waals surface area contributed by atoms with Crippen LogP contribution in [0.2, 0.25) is 10.0 Å². The molecule has 0 spiro atoms. The summed E-state index contributed by atoms with van der Waals surface area (Å²) in [4.78, 5) is 39.7. The van der Waals surface area contributed by atoms with E-state index >= 15 is 0 Å². The number of rotatable bonds is 6. The second-order valence-corrected chi connectivity index (χ2v) is 7.74. The molecule has 1 aromatic heterocycles. The van der Waals surface area contributed by atoms with Crippen LogP contribution < -0.4 is 5.32 Å². The van der Waals surface area contributed by atoms with Gasteiger partial charge in [0.15, 0.2) is 0 Å². The summed E-state index contributed by atoms with van der Waals surface area (Å²) in [7, 11) is 1.24. The van der Waals surface area contributed by atoms with Gasteiger partial charge in [-0.1, -0.05) is 23.2 Å². The molecule has 0 atom stereocenters. The van der Waals surface area contributed by atoms with Gasteiger partial charge in [-0.15, -0.1) is 11.3 Å². The van der Waals surface area contributed by atoms with Gasteiger partial charge in [-0.3, -0.25) is 9.59 Å². The number of thiophene rings is 1. The predicted molar refractivity (Wildman–Crippen MR) is 112 cm³/mol. The third kappa shape index (κ3) is 4.66. The summed E-state index contributed by atoms with van der Waals surface area (Å²) in [5, 5.41) is 3.54. The van der Waals surface area contributed by atoms with E-state index in [1.807, 2.05) is 13.8 Å². The number of nitrogens with zero attached hydrogens (tertiary/aromatic N) is 1. The molecule has 0 fully saturated rings. The maximum absolute atomic E-state index is 12.8. The predicted octanol–water partition coefficient (Wildman–Crippen LogP) is 4.88. The topological polar surface area (TPSA) is 75.7 Å². The Labute approximate surface area is 177 Å². The Kier molecular flexibility index (Phi) is 7.46. The van der Waals surface area contributed by atoms with Crippen LogP contribution in [-0.4, -0.2) is 42.9 Å². The monoisotopic (exact) mass is 442 g/mol. The van der Waals surface area contributed by atoms with E-state index < -0.39 is 11.9 Å². The van der Waals surface area contributed by atoms with Gasteiger partial charge in [0.1, 0.15) is 5.00 Å². The molecular weight excluding hydrogens is 423 g/mol. The van der Waals surface area contributed by atoms with Gasteiger partial charge in [0, 0.05) is 28.7 Å². The number of esters is 1. The van der Waals surface area contributed by atoms with Crippen molar-refractivity contribution < 1.29 is 19.1 Å². The van der Waals surface area contributed by atoms with Crippen LogP contribution in [0.5, 0.6) is 0 Å². The van der Waals surface area contributed by atoms with Crippen molar-refractivity contribution in [2.75, 3.05) is 25.5 Å². The molecule has 2 amide bonds. The molecule has 0 bridgehead atoms. The van der Waals surface area contributed by atoms with E-state index in [4.69, 9.17) is 27.9 Å². The standard InChI is InChI=1S/C19H20Cl2N2O4S/c1-5-23(6-2)18(25)15-10(3)14(19(26)27-4)17(28-15)22-16(24)11-7-12(20)9-13(21)8-11/h7-9H,5-6H2,1-4H3,(H,22,24). The molecule has 1 heterocycles. The third-order valence-electron chi connectivity index (χ3n) is 4.13. The van der Waals surface area contributed by atoms with Gasteiger partial charge in [-0.2, -0.15) is 0 Å². The van der Waals surface area contributed by atoms with Crippen LogP contribution in [0.1, 0.15) is 49.8 Å². The average molecular weight is 443 g/mol. The summed E-state index contributed by atoms with van der Waals surface area (Å²) in [5.74, 6) is -1.34. The van der Waals surface area contributed by atoms with Crippen LogP contribution in [0.15, 0.2) is 18.2 Å². The van der Waals surface area contributed by atoms with E-state index in [-0.39, 0.29) is 22.0 Å². The maximum atomic E-state index is 12.8. The minimum absolute atomic E-state index is 0.157. The first kappa shape index (κ1) is 22.2. The molecule has 0 radical (unpaired) electrons. The molecule has 0 unspecified atom stereocenters. The Balaban J connectivity index is 2.47. The second-order valence-electron chi connectivity index (χ2n) is 5.84. The number of hydrogen-bond donors (Lipinski definition) is 1. The van der Waals surface area contributed by atoms with Crippen LogP contribution in [0.25, 0.3) is 0 Å². The van der Waals surface area contributed by atoms with Crippen LogP contribution in [0.3, 0.4) is 0 Å². The smallest absolute Gasteiger partial charge is 0.341 e. The Hall–Kier alpha value is -2.09. The summed E-state index contributed by atoms with van der Waals surface area (Å²) in [6, 6.07) is 4.43. The molecule has 0 saturated heterocycles. The molecule has 0 aliphatic rings. The number of nitrogens with one attached hydrogen (secondary N) is 1. The quantitative estimate of drug-likeness (QED) is 0.646. The van der Waals surface area contributed by atoms with Crippen molar-refractivity contribution in [2.45, 2.75) is 20.8 Å². The van der Waals surface area contributed by atoms with Crippen LogP contribution in [0, 0.1) is 6.92 Å². The number of anilines is 1. The first-order valence-corrected chi connectivity index (χ1v) is 10.1. The maximum Gasteiger partial charge on any atom is 0.341 e. The summed E-state index contributed by atoms with van der Waals surface area (Å²) in [6.45, 7) is 6.46. The molecule has 28 heavy (non-hydrogen) atoms. The van der Waals surface area contributed by atoms with Crippen molar-refractivity contribution in [1.29, 1.82) is 0 Å². The zero-order valence-electron chi connectivity index (χ0n) is 15.9. The van der Waals surface area contributed by atoms with E-state index in [1.165, 1.54) is 25.3 Å². The molecule has 1 N–H and O–H groups in total. The Morgan fingerprint density at radius 1 is 1.11 bits per heavy atom. The van der Waals surface area contributed by atoms with Gasteiger partial charge in [-0.05, 0) is 44.5 Å². The van der Waals surface area contributed by atoms with Crippen molar-refractivity contribution in [3.8, 4) is 0 Å². The van der Waals surface area contributed by atoms with Gasteiger partial charge >= 0.3 is 5.97 Å². The summed E-state index contributed by atoms with van der Waals surface area (Å²) < 4.78 is 4.84. The highest BCUT2D eigenvalue weighted by Crippen LogP contribution is 2.35. The van der Waals surface area contributed by atoms with E-state index in [9.17, 15) is 14.4 Å². The first-order valence-electron chi connectivity index (χ1n) is 8.51. The summed E-state index contributed by atoms with van der Waals surface area (Å²) in [5.41, 5.74) is 0.855. The zero-order chi connectivity index (χ0) is 21.0. The van der Waals surface area contributed by atoms with Crippen LogP contribution in [-0.2, 0) is 4.74 Å². The van der Waals surface area contributed by atoms with Crippen molar-refractivity contribution in [3.05, 3.63) is 49.8 Å². The van der Waals surface area contributed by atoms with Gasteiger partial charge in [0.2, 0.25) is 0 Å².